The third-order valence-electron chi connectivity index (χ3n) is 5.41. The summed E-state index contributed by atoms with van der Waals surface area (Å²) in [6, 6.07) is 7.89. The number of nitrogens with one attached hydrogen (secondary N) is 1. The molecule has 2 aliphatic rings. The van der Waals surface area contributed by atoms with Gasteiger partial charge in [0.2, 0.25) is 0 Å². The normalized spacial score (nSPS) is 19.2. The zero-order chi connectivity index (χ0) is 21.1. The molecule has 29 heavy (non-hydrogen) atoms. The van der Waals surface area contributed by atoms with Crippen LogP contribution in [0, 0.1) is 6.92 Å². The van der Waals surface area contributed by atoms with E-state index >= 15 is 0 Å². The highest BCUT2D eigenvalue weighted by atomic mass is 32.2. The molecule has 6 nitrogen and oxygen atoms in total. The first-order chi connectivity index (χ1) is 13.9. The van der Waals surface area contributed by atoms with Gasteiger partial charge in [-0.15, -0.1) is 0 Å². The number of aryl methyl sites for hydroxylation is 1. The lowest BCUT2D eigenvalue weighted by molar-refractivity contribution is 0.285. The van der Waals surface area contributed by atoms with E-state index < -0.39 is 10.1 Å². The molecule has 1 aromatic rings. The minimum Gasteiger partial charge on any atom is -0.466 e. The van der Waals surface area contributed by atoms with Gasteiger partial charge in [-0.3, -0.25) is 4.55 Å². The largest absolute Gasteiger partial charge is 0.466 e. The molecule has 0 unspecified atom stereocenters. The van der Waals surface area contributed by atoms with Crippen LogP contribution in [0.1, 0.15) is 76.7 Å². The van der Waals surface area contributed by atoms with Crippen molar-refractivity contribution < 1.29 is 17.7 Å². The average Bonchev–Trinajstić information content (AvgIpc) is 2.70. The molecule has 0 bridgehead atoms. The van der Waals surface area contributed by atoms with Gasteiger partial charge in [0.05, 0.1) is 17.5 Å². The van der Waals surface area contributed by atoms with Crippen LogP contribution >= 0.6 is 0 Å². The van der Waals surface area contributed by atoms with E-state index in [0.29, 0.717) is 18.7 Å². The van der Waals surface area contributed by atoms with Crippen LogP contribution in [0.3, 0.4) is 0 Å². The molecule has 2 fully saturated rings. The first-order valence-electron chi connectivity index (χ1n) is 10.9. The van der Waals surface area contributed by atoms with Crippen molar-refractivity contribution in [2.45, 2.75) is 95.0 Å². The third kappa shape index (κ3) is 9.17. The van der Waals surface area contributed by atoms with Gasteiger partial charge in [-0.2, -0.15) is 8.42 Å². The predicted octanol–water partition coefficient (Wildman–Crippen LogP) is 4.88. The monoisotopic (exact) mass is 424 g/mol. The lowest BCUT2D eigenvalue weighted by atomic mass is 9.95. The van der Waals surface area contributed by atoms with Crippen LogP contribution in [0.15, 0.2) is 34.2 Å². The van der Waals surface area contributed by atoms with Gasteiger partial charge in [0.25, 0.3) is 16.1 Å². The van der Waals surface area contributed by atoms with E-state index in [-0.39, 0.29) is 4.90 Å². The number of ether oxygens (including phenoxy) is 1. The molecule has 164 valence electrons. The Balaban J connectivity index is 0.000000234. The number of amidine groups is 1. The molecule has 2 N–H and O–H groups in total. The fraction of sp³-hybridized carbons (Fsp3) is 0.682. The van der Waals surface area contributed by atoms with Gasteiger partial charge in [0, 0.05) is 6.04 Å². The topological polar surface area (TPSA) is 88.0 Å². The zero-order valence-electron chi connectivity index (χ0n) is 17.8. The van der Waals surface area contributed by atoms with E-state index in [1.54, 1.807) is 12.1 Å². The molecule has 0 aromatic heterocycles. The SMILES string of the molecule is CCOC(=NC1CCCCC1)NC1CCCCC1.Cc1ccc(S(=O)(=O)O)cc1. The van der Waals surface area contributed by atoms with E-state index in [2.05, 4.69) is 5.32 Å². The summed E-state index contributed by atoms with van der Waals surface area (Å²) in [5.41, 5.74) is 0.956. The van der Waals surface area contributed by atoms with Crippen LogP contribution in [0.2, 0.25) is 0 Å². The third-order valence-corrected chi connectivity index (χ3v) is 6.28. The average molecular weight is 425 g/mol. The van der Waals surface area contributed by atoms with Crippen LogP contribution in [-0.2, 0) is 14.9 Å². The van der Waals surface area contributed by atoms with Crippen LogP contribution < -0.4 is 5.32 Å². The Morgan fingerprint density at radius 1 is 1.03 bits per heavy atom. The van der Waals surface area contributed by atoms with Crippen molar-refractivity contribution in [3.8, 4) is 0 Å². The highest BCUT2D eigenvalue weighted by molar-refractivity contribution is 7.85. The van der Waals surface area contributed by atoms with Crippen LogP contribution in [0.5, 0.6) is 0 Å². The number of nitrogens with zero attached hydrogens (tertiary/aromatic N) is 1. The van der Waals surface area contributed by atoms with Gasteiger partial charge in [-0.1, -0.05) is 56.2 Å². The molecular weight excluding hydrogens is 388 g/mol. The summed E-state index contributed by atoms with van der Waals surface area (Å²) in [5, 5.41) is 3.53. The first-order valence-corrected chi connectivity index (χ1v) is 12.3. The summed E-state index contributed by atoms with van der Waals surface area (Å²) in [6.07, 6.45) is 13.2. The van der Waals surface area contributed by atoms with Gasteiger partial charge in [-0.05, 0) is 51.7 Å². The van der Waals surface area contributed by atoms with Gasteiger partial charge >= 0.3 is 0 Å². The minimum atomic E-state index is -4.02. The lowest BCUT2D eigenvalue weighted by Gasteiger charge is -2.25. The molecule has 0 aliphatic heterocycles. The molecule has 0 radical (unpaired) electrons. The second-order valence-corrected chi connectivity index (χ2v) is 9.35. The first kappa shape index (κ1) is 23.7. The van der Waals surface area contributed by atoms with Crippen molar-refractivity contribution in [2.75, 3.05) is 6.61 Å². The van der Waals surface area contributed by atoms with Gasteiger partial charge in [-0.25, -0.2) is 4.99 Å². The summed E-state index contributed by atoms with van der Waals surface area (Å²) < 4.78 is 35.2. The fourth-order valence-corrected chi connectivity index (χ4v) is 4.24. The number of hydrogen-bond donors (Lipinski definition) is 2. The molecule has 3 rings (SSSR count). The number of benzene rings is 1. The number of hydrogen-bond acceptors (Lipinski definition) is 4. The molecule has 0 amide bonds. The fourth-order valence-electron chi connectivity index (χ4n) is 3.76. The Morgan fingerprint density at radius 3 is 2.10 bits per heavy atom. The van der Waals surface area contributed by atoms with Gasteiger partial charge < -0.3 is 10.1 Å². The summed E-state index contributed by atoms with van der Waals surface area (Å²) in [4.78, 5) is 4.74. The van der Waals surface area contributed by atoms with Crippen molar-refractivity contribution in [2.24, 2.45) is 4.99 Å². The maximum Gasteiger partial charge on any atom is 0.294 e. The second kappa shape index (κ2) is 12.2. The highest BCUT2D eigenvalue weighted by Gasteiger charge is 2.18. The molecule has 1 aromatic carbocycles. The van der Waals surface area contributed by atoms with E-state index in [1.807, 2.05) is 13.8 Å². The van der Waals surface area contributed by atoms with Crippen molar-refractivity contribution in [1.29, 1.82) is 0 Å². The predicted molar refractivity (Wildman–Crippen MR) is 117 cm³/mol. The molecule has 0 saturated heterocycles. The smallest absolute Gasteiger partial charge is 0.294 e. The molecular formula is C22H36N2O4S. The van der Waals surface area contributed by atoms with Crippen molar-refractivity contribution >= 4 is 16.1 Å². The maximum atomic E-state index is 10.5. The molecule has 2 saturated carbocycles. The quantitative estimate of drug-likeness (QED) is 0.409. The Labute approximate surface area is 175 Å². The molecule has 2 aliphatic carbocycles. The number of aliphatic imine (C=N–C) groups is 1. The molecule has 0 spiro atoms. The van der Waals surface area contributed by atoms with Crippen molar-refractivity contribution in [3.05, 3.63) is 29.8 Å². The Kier molecular flexibility index (Phi) is 9.94. The lowest BCUT2D eigenvalue weighted by Crippen LogP contribution is -2.38. The second-order valence-electron chi connectivity index (χ2n) is 7.93. The van der Waals surface area contributed by atoms with E-state index in [1.165, 1.54) is 76.3 Å². The summed E-state index contributed by atoms with van der Waals surface area (Å²) in [7, 11) is -4.02. The van der Waals surface area contributed by atoms with Crippen molar-refractivity contribution in [3.63, 3.8) is 0 Å². The summed E-state index contributed by atoms with van der Waals surface area (Å²) in [5.74, 6) is 0. The number of rotatable bonds is 4. The van der Waals surface area contributed by atoms with Crippen LogP contribution in [0.25, 0.3) is 0 Å². The standard InChI is InChI=1S/C15H28N2O.C7H8O3S/c1-2-18-15(16-13-9-5-3-6-10-13)17-14-11-7-4-8-12-14;1-6-2-4-7(5-3-6)11(8,9)10/h13-14H,2-12H2,1H3,(H,16,17);2-5H,1H3,(H,8,9,10). The summed E-state index contributed by atoms with van der Waals surface area (Å²) >= 11 is 0. The van der Waals surface area contributed by atoms with Crippen molar-refractivity contribution in [1.82, 2.24) is 5.32 Å². The zero-order valence-corrected chi connectivity index (χ0v) is 18.6. The minimum absolute atomic E-state index is 0.0666. The maximum absolute atomic E-state index is 10.5. The Morgan fingerprint density at radius 2 is 1.59 bits per heavy atom. The molecule has 0 heterocycles. The highest BCUT2D eigenvalue weighted by Crippen LogP contribution is 2.21. The Bertz CT molecular complexity index is 720. The summed E-state index contributed by atoms with van der Waals surface area (Å²) in [6.45, 7) is 4.60. The van der Waals surface area contributed by atoms with E-state index in [9.17, 15) is 8.42 Å². The Hall–Kier alpha value is -1.60. The molecule has 0 atom stereocenters. The van der Waals surface area contributed by atoms with E-state index in [4.69, 9.17) is 14.3 Å². The van der Waals surface area contributed by atoms with Crippen LogP contribution in [0.4, 0.5) is 0 Å². The van der Waals surface area contributed by atoms with Gasteiger partial charge in [0.15, 0.2) is 0 Å². The molecule has 7 heteroatoms. The van der Waals surface area contributed by atoms with Gasteiger partial charge in [0.1, 0.15) is 0 Å². The van der Waals surface area contributed by atoms with E-state index in [0.717, 1.165) is 11.6 Å². The van der Waals surface area contributed by atoms with Crippen LogP contribution in [-0.4, -0.2) is 37.7 Å².